The van der Waals surface area contributed by atoms with Gasteiger partial charge < -0.3 is 10.5 Å². The first-order valence-corrected chi connectivity index (χ1v) is 9.09. The molecule has 0 radical (unpaired) electrons. The third-order valence-corrected chi connectivity index (χ3v) is 4.45. The fourth-order valence-corrected chi connectivity index (χ4v) is 3.65. The van der Waals surface area contributed by atoms with Crippen LogP contribution in [0.3, 0.4) is 0 Å². The van der Waals surface area contributed by atoms with Crippen LogP contribution in [-0.2, 0) is 11.8 Å². The number of rotatable bonds is 7. The van der Waals surface area contributed by atoms with Crippen LogP contribution in [0.2, 0.25) is 5.02 Å². The fourth-order valence-electron chi connectivity index (χ4n) is 3.35. The standard InChI is InChI=1S/C20H34ClNO/c1-8-16(22)11-14-10-15(12-17(21)18(14)23-9-2)20(6,7)13-19(3,4)5/h10,12,16H,8-9,11,13,22H2,1-7H3. The van der Waals surface area contributed by atoms with E-state index in [2.05, 4.69) is 53.7 Å². The second-order valence-electron chi connectivity index (χ2n) is 8.37. The Balaban J connectivity index is 3.30. The molecule has 0 saturated heterocycles. The van der Waals surface area contributed by atoms with E-state index in [4.69, 9.17) is 22.1 Å². The lowest BCUT2D eigenvalue weighted by atomic mass is 9.72. The van der Waals surface area contributed by atoms with E-state index in [1.807, 2.05) is 6.92 Å². The summed E-state index contributed by atoms with van der Waals surface area (Å²) in [4.78, 5) is 0. The minimum absolute atomic E-state index is 0.0533. The van der Waals surface area contributed by atoms with Crippen LogP contribution in [0.1, 0.15) is 72.4 Å². The Kier molecular flexibility index (Phi) is 6.97. The highest BCUT2D eigenvalue weighted by molar-refractivity contribution is 6.32. The molecule has 23 heavy (non-hydrogen) atoms. The summed E-state index contributed by atoms with van der Waals surface area (Å²) in [7, 11) is 0. The van der Waals surface area contributed by atoms with Crippen LogP contribution in [-0.4, -0.2) is 12.6 Å². The molecule has 1 atom stereocenters. The van der Waals surface area contributed by atoms with Crippen LogP contribution < -0.4 is 10.5 Å². The Morgan fingerprint density at radius 2 is 1.74 bits per heavy atom. The zero-order valence-corrected chi connectivity index (χ0v) is 16.7. The van der Waals surface area contributed by atoms with E-state index in [1.165, 1.54) is 5.56 Å². The number of hydrogen-bond acceptors (Lipinski definition) is 2. The lowest BCUT2D eigenvalue weighted by molar-refractivity contribution is 0.283. The van der Waals surface area contributed by atoms with Gasteiger partial charge in [-0.2, -0.15) is 0 Å². The Morgan fingerprint density at radius 3 is 2.22 bits per heavy atom. The summed E-state index contributed by atoms with van der Waals surface area (Å²) in [6.07, 6.45) is 2.83. The van der Waals surface area contributed by atoms with Gasteiger partial charge in [0.2, 0.25) is 0 Å². The maximum atomic E-state index is 6.55. The second kappa shape index (κ2) is 7.90. The quantitative estimate of drug-likeness (QED) is 0.688. The third kappa shape index (κ3) is 6.00. The van der Waals surface area contributed by atoms with Crippen LogP contribution in [0.25, 0.3) is 0 Å². The average Bonchev–Trinajstić information content (AvgIpc) is 2.39. The molecule has 2 N–H and O–H groups in total. The van der Waals surface area contributed by atoms with Gasteiger partial charge in [-0.1, -0.05) is 59.2 Å². The van der Waals surface area contributed by atoms with E-state index < -0.39 is 0 Å². The van der Waals surface area contributed by atoms with Gasteiger partial charge in [-0.15, -0.1) is 0 Å². The molecule has 0 spiro atoms. The maximum absolute atomic E-state index is 6.55. The first-order valence-electron chi connectivity index (χ1n) is 8.71. The SMILES string of the molecule is CCOc1c(Cl)cc(C(C)(C)CC(C)(C)C)cc1CC(N)CC. The molecule has 1 aromatic carbocycles. The van der Waals surface area contributed by atoms with Crippen molar-refractivity contribution in [3.05, 3.63) is 28.3 Å². The van der Waals surface area contributed by atoms with Gasteiger partial charge in [0.1, 0.15) is 5.75 Å². The number of hydrogen-bond donors (Lipinski definition) is 1. The van der Waals surface area contributed by atoms with Crippen molar-refractivity contribution in [3.8, 4) is 5.75 Å². The highest BCUT2D eigenvalue weighted by Crippen LogP contribution is 2.40. The Bertz CT molecular complexity index is 517. The fraction of sp³-hybridized carbons (Fsp3) is 0.700. The Hall–Kier alpha value is -0.730. The largest absolute Gasteiger partial charge is 0.492 e. The Morgan fingerprint density at radius 1 is 1.13 bits per heavy atom. The molecule has 0 saturated carbocycles. The third-order valence-electron chi connectivity index (χ3n) is 4.17. The summed E-state index contributed by atoms with van der Waals surface area (Å²) in [6, 6.07) is 4.45. The van der Waals surface area contributed by atoms with Gasteiger partial charge in [0.15, 0.2) is 0 Å². The zero-order chi connectivity index (χ0) is 17.8. The first-order chi connectivity index (χ1) is 10.5. The number of halogens is 1. The highest BCUT2D eigenvalue weighted by atomic mass is 35.5. The van der Waals surface area contributed by atoms with Crippen molar-refractivity contribution in [2.45, 2.75) is 79.2 Å². The number of ether oxygens (including phenoxy) is 1. The van der Waals surface area contributed by atoms with Crippen molar-refractivity contribution in [2.75, 3.05) is 6.61 Å². The summed E-state index contributed by atoms with van der Waals surface area (Å²) in [5.41, 5.74) is 8.89. The molecule has 0 amide bonds. The predicted molar refractivity (Wildman–Crippen MR) is 102 cm³/mol. The van der Waals surface area contributed by atoms with Gasteiger partial charge in [0, 0.05) is 6.04 Å². The topological polar surface area (TPSA) is 35.2 Å². The molecule has 0 aliphatic heterocycles. The summed E-state index contributed by atoms with van der Waals surface area (Å²) >= 11 is 6.55. The van der Waals surface area contributed by atoms with E-state index in [9.17, 15) is 0 Å². The van der Waals surface area contributed by atoms with Crippen molar-refractivity contribution in [1.82, 2.24) is 0 Å². The molecule has 0 heterocycles. The number of benzene rings is 1. The van der Waals surface area contributed by atoms with Crippen molar-refractivity contribution >= 4 is 11.6 Å². The van der Waals surface area contributed by atoms with Crippen molar-refractivity contribution in [2.24, 2.45) is 11.1 Å². The van der Waals surface area contributed by atoms with Gasteiger partial charge in [0.05, 0.1) is 11.6 Å². The molecule has 1 unspecified atom stereocenters. The smallest absolute Gasteiger partial charge is 0.141 e. The van der Waals surface area contributed by atoms with Crippen molar-refractivity contribution in [3.63, 3.8) is 0 Å². The zero-order valence-electron chi connectivity index (χ0n) is 15.9. The Labute approximate surface area is 147 Å². The molecule has 3 heteroatoms. The normalized spacial score (nSPS) is 14.0. The molecule has 1 aromatic rings. The summed E-state index contributed by atoms with van der Waals surface area (Å²) in [5.74, 6) is 0.799. The molecule has 1 rings (SSSR count). The molecule has 0 fully saturated rings. The molecule has 0 bridgehead atoms. The lowest BCUT2D eigenvalue weighted by Gasteiger charge is -2.34. The highest BCUT2D eigenvalue weighted by Gasteiger charge is 2.29. The van der Waals surface area contributed by atoms with Crippen LogP contribution in [0, 0.1) is 5.41 Å². The molecule has 0 aliphatic rings. The summed E-state index contributed by atoms with van der Waals surface area (Å²) in [6.45, 7) is 16.1. The van der Waals surface area contributed by atoms with Gasteiger partial charge in [-0.25, -0.2) is 0 Å². The molecule has 0 aromatic heterocycles. The van der Waals surface area contributed by atoms with E-state index >= 15 is 0 Å². The van der Waals surface area contributed by atoms with Crippen LogP contribution in [0.5, 0.6) is 5.75 Å². The van der Waals surface area contributed by atoms with Crippen molar-refractivity contribution in [1.29, 1.82) is 0 Å². The van der Waals surface area contributed by atoms with E-state index in [1.54, 1.807) is 0 Å². The van der Waals surface area contributed by atoms with E-state index in [0.717, 1.165) is 30.6 Å². The van der Waals surface area contributed by atoms with Crippen LogP contribution in [0.4, 0.5) is 0 Å². The maximum Gasteiger partial charge on any atom is 0.141 e. The molecule has 0 aliphatic carbocycles. The predicted octanol–water partition coefficient (Wildman–Crippen LogP) is 5.73. The lowest BCUT2D eigenvalue weighted by Crippen LogP contribution is -2.26. The molecule has 2 nitrogen and oxygen atoms in total. The van der Waals surface area contributed by atoms with E-state index in [0.29, 0.717) is 11.6 Å². The molecule has 132 valence electrons. The summed E-state index contributed by atoms with van der Waals surface area (Å²) in [5, 5.41) is 0.699. The van der Waals surface area contributed by atoms with Gasteiger partial charge in [-0.05, 0) is 54.2 Å². The van der Waals surface area contributed by atoms with Crippen LogP contribution in [0.15, 0.2) is 12.1 Å². The second-order valence-corrected chi connectivity index (χ2v) is 8.78. The van der Waals surface area contributed by atoms with Crippen LogP contribution >= 0.6 is 11.6 Å². The van der Waals surface area contributed by atoms with Gasteiger partial charge in [0.25, 0.3) is 0 Å². The minimum atomic E-state index is 0.0533. The van der Waals surface area contributed by atoms with Gasteiger partial charge >= 0.3 is 0 Å². The number of nitrogens with two attached hydrogens (primary N) is 1. The monoisotopic (exact) mass is 339 g/mol. The molecular formula is C20H34ClNO. The van der Waals surface area contributed by atoms with E-state index in [-0.39, 0.29) is 16.9 Å². The first kappa shape index (κ1) is 20.3. The average molecular weight is 340 g/mol. The van der Waals surface area contributed by atoms with Gasteiger partial charge in [-0.3, -0.25) is 0 Å². The summed E-state index contributed by atoms with van der Waals surface area (Å²) < 4.78 is 5.79. The van der Waals surface area contributed by atoms with Crippen molar-refractivity contribution < 1.29 is 4.74 Å². The molecular weight excluding hydrogens is 306 g/mol. The minimum Gasteiger partial charge on any atom is -0.492 e.